The normalized spacial score (nSPS) is 20.2. The average Bonchev–Trinajstić information content (AvgIpc) is 2.49. The van der Waals surface area contributed by atoms with E-state index < -0.39 is 10.0 Å². The molecule has 1 heterocycles. The van der Waals surface area contributed by atoms with Gasteiger partial charge in [-0.05, 0) is 31.0 Å². The van der Waals surface area contributed by atoms with Crippen LogP contribution < -0.4 is 11.1 Å². The zero-order chi connectivity index (χ0) is 15.6. The van der Waals surface area contributed by atoms with Crippen LogP contribution in [-0.4, -0.2) is 38.8 Å². The van der Waals surface area contributed by atoms with Crippen LogP contribution in [0.15, 0.2) is 23.1 Å². The SMILES string of the molecule is CNC(=O)C1CCCN(S(=O)(=O)c2ccc(Cl)c(N)c2)C1. The number of carbonyl (C=O) groups is 1. The van der Waals surface area contributed by atoms with E-state index in [0.29, 0.717) is 24.4 Å². The molecule has 1 aliphatic heterocycles. The lowest BCUT2D eigenvalue weighted by Gasteiger charge is -2.31. The van der Waals surface area contributed by atoms with Gasteiger partial charge in [0.05, 0.1) is 21.5 Å². The van der Waals surface area contributed by atoms with Gasteiger partial charge in [-0.1, -0.05) is 11.6 Å². The number of hydrogen-bond acceptors (Lipinski definition) is 4. The molecule has 8 heteroatoms. The van der Waals surface area contributed by atoms with Crippen LogP contribution in [0, 0.1) is 5.92 Å². The van der Waals surface area contributed by atoms with Crippen molar-refractivity contribution < 1.29 is 13.2 Å². The Morgan fingerprint density at radius 3 is 2.81 bits per heavy atom. The van der Waals surface area contributed by atoms with E-state index in [1.54, 1.807) is 7.05 Å². The van der Waals surface area contributed by atoms with Crippen molar-refractivity contribution >= 4 is 33.2 Å². The van der Waals surface area contributed by atoms with Crippen molar-refractivity contribution in [3.63, 3.8) is 0 Å². The van der Waals surface area contributed by atoms with Crippen molar-refractivity contribution in [2.75, 3.05) is 25.9 Å². The first-order chi connectivity index (χ1) is 9.86. The molecule has 3 N–H and O–H groups in total. The van der Waals surface area contributed by atoms with Crippen LogP contribution in [-0.2, 0) is 14.8 Å². The Morgan fingerprint density at radius 1 is 1.48 bits per heavy atom. The van der Waals surface area contributed by atoms with E-state index in [2.05, 4.69) is 5.32 Å². The minimum atomic E-state index is -3.66. The topological polar surface area (TPSA) is 92.5 Å². The molecule has 6 nitrogen and oxygen atoms in total. The highest BCUT2D eigenvalue weighted by Gasteiger charge is 2.33. The molecule has 0 bridgehead atoms. The van der Waals surface area contributed by atoms with Crippen LogP contribution in [0.1, 0.15) is 12.8 Å². The monoisotopic (exact) mass is 331 g/mol. The van der Waals surface area contributed by atoms with Gasteiger partial charge in [-0.15, -0.1) is 0 Å². The van der Waals surface area contributed by atoms with E-state index in [1.165, 1.54) is 22.5 Å². The standard InChI is InChI=1S/C13H18ClN3O3S/c1-16-13(18)9-3-2-6-17(8-9)21(19,20)10-4-5-11(14)12(15)7-10/h4-5,7,9H,2-3,6,8,15H2,1H3,(H,16,18). The number of anilines is 1. The lowest BCUT2D eigenvalue weighted by atomic mass is 9.99. The van der Waals surface area contributed by atoms with Crippen LogP contribution >= 0.6 is 11.6 Å². The maximum atomic E-state index is 12.6. The second kappa shape index (κ2) is 6.21. The molecular weight excluding hydrogens is 314 g/mol. The molecule has 1 fully saturated rings. The van der Waals surface area contributed by atoms with Gasteiger partial charge in [0.25, 0.3) is 0 Å². The third-order valence-electron chi connectivity index (χ3n) is 3.61. The predicted molar refractivity (Wildman–Crippen MR) is 81.4 cm³/mol. The molecule has 0 aromatic heterocycles. The number of piperidine rings is 1. The first kappa shape index (κ1) is 16.1. The molecule has 0 aliphatic carbocycles. The van der Waals surface area contributed by atoms with Crippen LogP contribution in [0.5, 0.6) is 0 Å². The molecule has 1 aromatic carbocycles. The number of rotatable bonds is 3. The van der Waals surface area contributed by atoms with Crippen LogP contribution in [0.25, 0.3) is 0 Å². The molecule has 0 saturated carbocycles. The summed E-state index contributed by atoms with van der Waals surface area (Å²) in [5.41, 5.74) is 5.88. The number of nitrogen functional groups attached to an aromatic ring is 1. The number of benzene rings is 1. The first-order valence-electron chi connectivity index (χ1n) is 6.63. The number of amides is 1. The number of sulfonamides is 1. The van der Waals surface area contributed by atoms with E-state index in [-0.39, 0.29) is 29.0 Å². The van der Waals surface area contributed by atoms with Crippen molar-refractivity contribution in [1.29, 1.82) is 0 Å². The largest absolute Gasteiger partial charge is 0.397 e. The van der Waals surface area contributed by atoms with Gasteiger partial charge in [0.1, 0.15) is 0 Å². The second-order valence-corrected chi connectivity index (χ2v) is 7.34. The number of nitrogens with one attached hydrogen (secondary N) is 1. The van der Waals surface area contributed by atoms with E-state index in [4.69, 9.17) is 17.3 Å². The van der Waals surface area contributed by atoms with Crippen molar-refractivity contribution in [3.05, 3.63) is 23.2 Å². The van der Waals surface area contributed by atoms with Gasteiger partial charge >= 0.3 is 0 Å². The van der Waals surface area contributed by atoms with Crippen molar-refractivity contribution in [1.82, 2.24) is 9.62 Å². The molecule has 116 valence electrons. The van der Waals surface area contributed by atoms with Crippen molar-refractivity contribution in [2.24, 2.45) is 5.92 Å². The van der Waals surface area contributed by atoms with Crippen LogP contribution in [0.3, 0.4) is 0 Å². The highest BCUT2D eigenvalue weighted by molar-refractivity contribution is 7.89. The van der Waals surface area contributed by atoms with Crippen molar-refractivity contribution in [2.45, 2.75) is 17.7 Å². The molecule has 2 rings (SSSR count). The molecule has 21 heavy (non-hydrogen) atoms. The van der Waals surface area contributed by atoms with Gasteiger partial charge < -0.3 is 11.1 Å². The summed E-state index contributed by atoms with van der Waals surface area (Å²) in [6.45, 7) is 0.586. The fraction of sp³-hybridized carbons (Fsp3) is 0.462. The highest BCUT2D eigenvalue weighted by Crippen LogP contribution is 2.27. The number of nitrogens with zero attached hydrogens (tertiary/aromatic N) is 1. The van der Waals surface area contributed by atoms with E-state index in [9.17, 15) is 13.2 Å². The quantitative estimate of drug-likeness (QED) is 0.810. The van der Waals surface area contributed by atoms with Gasteiger partial charge in [-0.25, -0.2) is 8.42 Å². The average molecular weight is 332 g/mol. The summed E-state index contributed by atoms with van der Waals surface area (Å²) in [4.78, 5) is 11.8. The van der Waals surface area contributed by atoms with Crippen LogP contribution in [0.4, 0.5) is 5.69 Å². The van der Waals surface area contributed by atoms with Crippen molar-refractivity contribution in [3.8, 4) is 0 Å². The molecular formula is C13H18ClN3O3S. The zero-order valence-electron chi connectivity index (χ0n) is 11.7. The highest BCUT2D eigenvalue weighted by atomic mass is 35.5. The summed E-state index contributed by atoms with van der Waals surface area (Å²) in [5, 5.41) is 2.88. The Hall–Kier alpha value is -1.31. The smallest absolute Gasteiger partial charge is 0.243 e. The Kier molecular flexibility index (Phi) is 4.75. The Labute approximate surface area is 129 Å². The lowest BCUT2D eigenvalue weighted by Crippen LogP contribution is -2.44. The van der Waals surface area contributed by atoms with Crippen LogP contribution in [0.2, 0.25) is 5.02 Å². The predicted octanol–water partition coefficient (Wildman–Crippen LogP) is 1.07. The molecule has 1 amide bonds. The third-order valence-corrected chi connectivity index (χ3v) is 5.81. The number of halogens is 1. The molecule has 1 saturated heterocycles. The molecule has 0 spiro atoms. The third kappa shape index (κ3) is 3.30. The minimum absolute atomic E-state index is 0.0990. The fourth-order valence-electron chi connectivity index (χ4n) is 2.41. The molecule has 1 atom stereocenters. The Morgan fingerprint density at radius 2 is 2.19 bits per heavy atom. The summed E-state index contributed by atoms with van der Waals surface area (Å²) in [5.74, 6) is -0.450. The zero-order valence-corrected chi connectivity index (χ0v) is 13.2. The van der Waals surface area contributed by atoms with Gasteiger partial charge in [-0.2, -0.15) is 4.31 Å². The maximum absolute atomic E-state index is 12.6. The van der Waals surface area contributed by atoms with E-state index in [1.807, 2.05) is 0 Å². The summed E-state index contributed by atoms with van der Waals surface area (Å²) < 4.78 is 26.5. The lowest BCUT2D eigenvalue weighted by molar-refractivity contribution is -0.125. The molecule has 1 aromatic rings. The Bertz CT molecular complexity index is 648. The first-order valence-corrected chi connectivity index (χ1v) is 8.45. The molecule has 1 unspecified atom stereocenters. The maximum Gasteiger partial charge on any atom is 0.243 e. The van der Waals surface area contributed by atoms with Gasteiger partial charge in [0.2, 0.25) is 15.9 Å². The van der Waals surface area contributed by atoms with E-state index >= 15 is 0 Å². The second-order valence-electron chi connectivity index (χ2n) is 5.00. The van der Waals surface area contributed by atoms with E-state index in [0.717, 1.165) is 0 Å². The van der Waals surface area contributed by atoms with Gasteiger partial charge in [0.15, 0.2) is 0 Å². The summed E-state index contributed by atoms with van der Waals surface area (Å²) >= 11 is 5.81. The van der Waals surface area contributed by atoms with Gasteiger partial charge in [0, 0.05) is 20.1 Å². The summed E-state index contributed by atoms with van der Waals surface area (Å²) in [6.07, 6.45) is 1.34. The number of nitrogens with two attached hydrogens (primary N) is 1. The molecule has 1 aliphatic rings. The van der Waals surface area contributed by atoms with Gasteiger partial charge in [-0.3, -0.25) is 4.79 Å². The summed E-state index contributed by atoms with van der Waals surface area (Å²) in [7, 11) is -2.11. The molecule has 0 radical (unpaired) electrons. The minimum Gasteiger partial charge on any atom is -0.397 e. The Balaban J connectivity index is 2.26. The number of carbonyl (C=O) groups excluding carboxylic acids is 1. The number of hydrogen-bond donors (Lipinski definition) is 2. The summed E-state index contributed by atoms with van der Waals surface area (Å²) in [6, 6.07) is 4.24. The fourth-order valence-corrected chi connectivity index (χ4v) is 4.09.